The van der Waals surface area contributed by atoms with Crippen LogP contribution in [0.15, 0.2) is 34.9 Å². The summed E-state index contributed by atoms with van der Waals surface area (Å²) in [5.41, 5.74) is 10.7. The Morgan fingerprint density at radius 3 is 3.00 bits per heavy atom. The van der Waals surface area contributed by atoms with E-state index in [9.17, 15) is 0 Å². The second-order valence-corrected chi connectivity index (χ2v) is 7.92. The van der Waals surface area contributed by atoms with Crippen molar-refractivity contribution in [3.8, 4) is 17.3 Å². The molecule has 1 atom stereocenters. The van der Waals surface area contributed by atoms with Crippen LogP contribution in [0.25, 0.3) is 39.4 Å². The first-order valence-corrected chi connectivity index (χ1v) is 10.7. The third-order valence-corrected chi connectivity index (χ3v) is 5.71. The van der Waals surface area contributed by atoms with E-state index in [4.69, 9.17) is 25.3 Å². The Morgan fingerprint density at radius 2 is 2.19 bits per heavy atom. The number of allylic oxidation sites excluding steroid dienone is 1. The van der Waals surface area contributed by atoms with Crippen LogP contribution >= 0.6 is 0 Å². The summed E-state index contributed by atoms with van der Waals surface area (Å²) in [5.74, 6) is 1.50. The summed E-state index contributed by atoms with van der Waals surface area (Å²) in [7, 11) is 0. The molecule has 4 aromatic rings. The zero-order valence-electron chi connectivity index (χ0n) is 18.1. The number of ether oxygens (including phenoxy) is 1. The number of nitrogens with one attached hydrogen (secondary N) is 2. The Hall–Kier alpha value is -3.88. The van der Waals surface area contributed by atoms with Crippen molar-refractivity contribution < 1.29 is 9.15 Å². The van der Waals surface area contributed by atoms with Gasteiger partial charge in [-0.05, 0) is 49.6 Å². The highest BCUT2D eigenvalue weighted by atomic mass is 16.5. The normalized spacial score (nSPS) is 14.9. The first-order chi connectivity index (χ1) is 15.6. The van der Waals surface area contributed by atoms with Crippen LogP contribution in [0.2, 0.25) is 0 Å². The average molecular weight is 432 g/mol. The molecular formula is C23H25N7O2. The molecule has 1 aliphatic rings. The number of aromatic nitrogens is 4. The van der Waals surface area contributed by atoms with E-state index in [1.54, 1.807) is 0 Å². The standard InChI is InChI=1S/C23H25N7O2/c1-3-13(2)26-12-15(11-24)14-9-17-20-19(10-14)31-8-4-7-30(20)22(28-17)16-5-6-18-21(27-16)29-23(25)32-18/h5-6,9-13,24,26H,3-4,7-8H2,1-2H3,(H2,25,27,29)/b15-12+,24-11?/t13-/m0/s1. The summed E-state index contributed by atoms with van der Waals surface area (Å²) < 4.78 is 13.6. The van der Waals surface area contributed by atoms with Gasteiger partial charge in [0, 0.05) is 30.6 Å². The maximum atomic E-state index is 7.92. The highest BCUT2D eigenvalue weighted by Crippen LogP contribution is 2.35. The molecule has 9 nitrogen and oxygen atoms in total. The number of nitrogen functional groups attached to an aromatic ring is 1. The molecule has 5 rings (SSSR count). The van der Waals surface area contributed by atoms with Gasteiger partial charge in [0.25, 0.3) is 6.01 Å². The van der Waals surface area contributed by atoms with Gasteiger partial charge in [-0.25, -0.2) is 9.97 Å². The predicted molar refractivity (Wildman–Crippen MR) is 125 cm³/mol. The highest BCUT2D eigenvalue weighted by molar-refractivity contribution is 6.09. The van der Waals surface area contributed by atoms with Crippen molar-refractivity contribution >= 4 is 40.1 Å². The molecule has 0 bridgehead atoms. The topological polar surface area (TPSA) is 128 Å². The second kappa shape index (κ2) is 7.99. The van der Waals surface area contributed by atoms with Gasteiger partial charge in [0.2, 0.25) is 5.65 Å². The number of nitrogens with two attached hydrogens (primary N) is 1. The van der Waals surface area contributed by atoms with E-state index in [1.807, 2.05) is 30.5 Å². The molecule has 0 fully saturated rings. The largest absolute Gasteiger partial charge is 0.491 e. The lowest BCUT2D eigenvalue weighted by Crippen LogP contribution is -2.19. The van der Waals surface area contributed by atoms with Crippen molar-refractivity contribution in [2.45, 2.75) is 39.3 Å². The molecule has 9 heteroatoms. The Labute approximate surface area is 184 Å². The fourth-order valence-electron chi connectivity index (χ4n) is 3.84. The van der Waals surface area contributed by atoms with E-state index < -0.39 is 0 Å². The van der Waals surface area contributed by atoms with E-state index in [0.717, 1.165) is 53.1 Å². The summed E-state index contributed by atoms with van der Waals surface area (Å²) >= 11 is 0. The number of anilines is 1. The lowest BCUT2D eigenvalue weighted by Gasteiger charge is -2.11. The lowest BCUT2D eigenvalue weighted by atomic mass is 10.1. The molecule has 0 saturated heterocycles. The Morgan fingerprint density at radius 1 is 1.31 bits per heavy atom. The zero-order valence-corrected chi connectivity index (χ0v) is 18.1. The van der Waals surface area contributed by atoms with Crippen LogP contribution in [0.3, 0.4) is 0 Å². The third kappa shape index (κ3) is 3.45. The zero-order chi connectivity index (χ0) is 22.2. The fourth-order valence-corrected chi connectivity index (χ4v) is 3.84. The maximum absolute atomic E-state index is 7.92. The number of rotatable bonds is 6. The van der Waals surface area contributed by atoms with E-state index in [-0.39, 0.29) is 6.01 Å². The van der Waals surface area contributed by atoms with Crippen molar-refractivity contribution in [1.82, 2.24) is 24.8 Å². The van der Waals surface area contributed by atoms with Crippen LogP contribution < -0.4 is 15.8 Å². The quantitative estimate of drug-likeness (QED) is 0.394. The molecule has 32 heavy (non-hydrogen) atoms. The highest BCUT2D eigenvalue weighted by Gasteiger charge is 2.22. The lowest BCUT2D eigenvalue weighted by molar-refractivity contribution is 0.315. The van der Waals surface area contributed by atoms with Gasteiger partial charge in [-0.15, -0.1) is 0 Å². The van der Waals surface area contributed by atoms with Crippen LogP contribution in [0, 0.1) is 5.41 Å². The van der Waals surface area contributed by atoms with Crippen LogP contribution in [0.4, 0.5) is 6.01 Å². The molecule has 0 spiro atoms. The number of nitrogens with zero attached hydrogens (tertiary/aromatic N) is 4. The van der Waals surface area contributed by atoms with Crippen LogP contribution in [-0.2, 0) is 6.54 Å². The average Bonchev–Trinajstić information content (AvgIpc) is 3.27. The van der Waals surface area contributed by atoms with Crippen molar-refractivity contribution in [2.24, 2.45) is 0 Å². The van der Waals surface area contributed by atoms with Crippen LogP contribution in [0.5, 0.6) is 5.75 Å². The molecule has 164 valence electrons. The molecule has 4 N–H and O–H groups in total. The number of oxazole rings is 1. The number of pyridine rings is 1. The smallest absolute Gasteiger partial charge is 0.294 e. The van der Waals surface area contributed by atoms with E-state index in [2.05, 4.69) is 33.7 Å². The molecule has 0 saturated carbocycles. The summed E-state index contributed by atoms with van der Waals surface area (Å²) in [4.78, 5) is 13.7. The SMILES string of the molecule is CC[C@H](C)N/C=C(\C=N)c1cc2c3c(c1)nc(-c1ccc4oc(N)nc4n1)n3CCCO2. The molecule has 3 aromatic heterocycles. The van der Waals surface area contributed by atoms with Crippen molar-refractivity contribution in [3.63, 3.8) is 0 Å². The minimum Gasteiger partial charge on any atom is -0.491 e. The van der Waals surface area contributed by atoms with Crippen molar-refractivity contribution in [1.29, 1.82) is 5.41 Å². The monoisotopic (exact) mass is 431 g/mol. The summed E-state index contributed by atoms with van der Waals surface area (Å²) in [6.45, 7) is 5.61. The minimum absolute atomic E-state index is 0.0911. The summed E-state index contributed by atoms with van der Waals surface area (Å²) in [5, 5.41) is 11.3. The van der Waals surface area contributed by atoms with E-state index >= 15 is 0 Å². The van der Waals surface area contributed by atoms with Crippen LogP contribution in [-0.4, -0.2) is 38.4 Å². The van der Waals surface area contributed by atoms with E-state index in [0.29, 0.717) is 29.6 Å². The number of hydrogen-bond acceptors (Lipinski definition) is 8. The Balaban J connectivity index is 1.65. The molecule has 0 amide bonds. The Kier molecular flexibility index (Phi) is 5.01. The fraction of sp³-hybridized carbons (Fsp3) is 0.304. The molecular weight excluding hydrogens is 406 g/mol. The first-order valence-electron chi connectivity index (χ1n) is 10.7. The van der Waals surface area contributed by atoms with Gasteiger partial charge in [0.15, 0.2) is 11.4 Å². The van der Waals surface area contributed by atoms with Gasteiger partial charge >= 0.3 is 0 Å². The van der Waals surface area contributed by atoms with E-state index in [1.165, 1.54) is 6.21 Å². The van der Waals surface area contributed by atoms with Gasteiger partial charge in [0.1, 0.15) is 17.0 Å². The number of benzene rings is 1. The molecule has 1 aromatic carbocycles. The maximum Gasteiger partial charge on any atom is 0.294 e. The van der Waals surface area contributed by atoms with Gasteiger partial charge < -0.3 is 30.2 Å². The van der Waals surface area contributed by atoms with Gasteiger partial charge in [-0.2, -0.15) is 4.98 Å². The number of aryl methyl sites for hydroxylation is 1. The third-order valence-electron chi connectivity index (χ3n) is 5.71. The molecule has 0 aliphatic carbocycles. The van der Waals surface area contributed by atoms with Gasteiger partial charge in [-0.3, -0.25) is 0 Å². The number of hydrogen-bond donors (Lipinski definition) is 3. The summed E-state index contributed by atoms with van der Waals surface area (Å²) in [6.07, 6.45) is 5.08. The second-order valence-electron chi connectivity index (χ2n) is 7.92. The first kappa shape index (κ1) is 20.0. The van der Waals surface area contributed by atoms with Crippen molar-refractivity contribution in [3.05, 3.63) is 36.0 Å². The van der Waals surface area contributed by atoms with Crippen LogP contribution in [0.1, 0.15) is 32.3 Å². The molecule has 0 unspecified atom stereocenters. The van der Waals surface area contributed by atoms with Crippen molar-refractivity contribution in [2.75, 3.05) is 12.3 Å². The van der Waals surface area contributed by atoms with Gasteiger partial charge in [-0.1, -0.05) is 6.92 Å². The molecule has 1 aliphatic heterocycles. The molecule has 0 radical (unpaired) electrons. The van der Waals surface area contributed by atoms with Gasteiger partial charge in [0.05, 0.1) is 12.1 Å². The number of imidazole rings is 1. The summed E-state index contributed by atoms with van der Waals surface area (Å²) in [6, 6.07) is 8.07. The number of fused-ring (bicyclic) bond motifs is 1. The predicted octanol–water partition coefficient (Wildman–Crippen LogP) is 3.98. The minimum atomic E-state index is 0.0911. The molecule has 4 heterocycles. The Bertz CT molecular complexity index is 1350.